The van der Waals surface area contributed by atoms with Crippen LogP contribution < -0.4 is 0 Å². The Morgan fingerprint density at radius 3 is 1.83 bits per heavy atom. The fourth-order valence-corrected chi connectivity index (χ4v) is 1.79. The molecule has 1 atom stereocenters. The Bertz CT molecular complexity index is 231. The first-order valence-corrected chi connectivity index (χ1v) is 8.38. The summed E-state index contributed by atoms with van der Waals surface area (Å²) in [5, 5.41) is 8.52. The SMILES string of the molecule is CCOC(CCN(C)C)COCCOCCOCCOCCO. The van der Waals surface area contributed by atoms with Crippen molar-refractivity contribution in [3.8, 4) is 0 Å². The van der Waals surface area contributed by atoms with Crippen LogP contribution in [0.5, 0.6) is 0 Å². The summed E-state index contributed by atoms with van der Waals surface area (Å²) < 4.78 is 27.1. The molecule has 0 aliphatic rings. The number of nitrogens with zero attached hydrogens (tertiary/aromatic N) is 1. The van der Waals surface area contributed by atoms with Crippen LogP contribution in [0.25, 0.3) is 0 Å². The van der Waals surface area contributed by atoms with Gasteiger partial charge in [0.25, 0.3) is 0 Å². The molecule has 0 aliphatic heterocycles. The van der Waals surface area contributed by atoms with Gasteiger partial charge in [0.1, 0.15) is 0 Å². The molecule has 1 unspecified atom stereocenters. The third kappa shape index (κ3) is 17.9. The molecule has 7 heteroatoms. The molecule has 0 saturated heterocycles. The minimum Gasteiger partial charge on any atom is -0.394 e. The van der Waals surface area contributed by atoms with Gasteiger partial charge in [-0.3, -0.25) is 0 Å². The standard InChI is InChI=1S/C16H35NO6/c1-4-23-16(5-6-17(2)3)15-22-14-13-21-12-11-20-10-9-19-8-7-18/h16,18H,4-15H2,1-3H3. The Kier molecular flexibility index (Phi) is 17.8. The molecule has 7 nitrogen and oxygen atoms in total. The van der Waals surface area contributed by atoms with Crippen molar-refractivity contribution in [3.05, 3.63) is 0 Å². The smallest absolute Gasteiger partial charge is 0.0820 e. The first kappa shape index (κ1) is 22.7. The van der Waals surface area contributed by atoms with Gasteiger partial charge in [-0.15, -0.1) is 0 Å². The van der Waals surface area contributed by atoms with Gasteiger partial charge >= 0.3 is 0 Å². The first-order chi connectivity index (χ1) is 11.2. The topological polar surface area (TPSA) is 69.6 Å². The molecule has 0 saturated carbocycles. The average Bonchev–Trinajstić information content (AvgIpc) is 2.53. The highest BCUT2D eigenvalue weighted by Crippen LogP contribution is 2.01. The number of aliphatic hydroxyl groups excluding tert-OH is 1. The van der Waals surface area contributed by atoms with Gasteiger partial charge in [0.05, 0.1) is 65.6 Å². The molecular formula is C16H35NO6. The summed E-state index contributed by atoms with van der Waals surface area (Å²) in [5.74, 6) is 0. The molecule has 1 N–H and O–H groups in total. The largest absolute Gasteiger partial charge is 0.394 e. The van der Waals surface area contributed by atoms with E-state index in [1.54, 1.807) is 0 Å². The van der Waals surface area contributed by atoms with Gasteiger partial charge in [-0.05, 0) is 27.4 Å². The van der Waals surface area contributed by atoms with E-state index in [4.69, 9.17) is 28.8 Å². The average molecular weight is 337 g/mol. The Morgan fingerprint density at radius 1 is 0.826 bits per heavy atom. The lowest BCUT2D eigenvalue weighted by molar-refractivity contribution is -0.0395. The van der Waals surface area contributed by atoms with Gasteiger partial charge in [0.2, 0.25) is 0 Å². The summed E-state index contributed by atoms with van der Waals surface area (Å²) in [6.45, 7) is 7.90. The molecule has 0 aromatic carbocycles. The van der Waals surface area contributed by atoms with Crippen LogP contribution in [0.2, 0.25) is 0 Å². The molecule has 0 aromatic heterocycles. The van der Waals surface area contributed by atoms with Crippen LogP contribution in [0, 0.1) is 0 Å². The number of hydrogen-bond donors (Lipinski definition) is 1. The maximum Gasteiger partial charge on any atom is 0.0820 e. The van der Waals surface area contributed by atoms with Crippen LogP contribution >= 0.6 is 0 Å². The van der Waals surface area contributed by atoms with Gasteiger partial charge in [-0.2, -0.15) is 0 Å². The number of ether oxygens (including phenoxy) is 5. The fraction of sp³-hybridized carbons (Fsp3) is 1.00. The second kappa shape index (κ2) is 18.1. The Hall–Kier alpha value is -0.280. The molecule has 0 heterocycles. The van der Waals surface area contributed by atoms with Crippen molar-refractivity contribution < 1.29 is 28.8 Å². The number of aliphatic hydroxyl groups is 1. The maximum absolute atomic E-state index is 8.52. The summed E-state index contributed by atoms with van der Waals surface area (Å²) >= 11 is 0. The van der Waals surface area contributed by atoms with Crippen LogP contribution in [-0.4, -0.2) is 103 Å². The molecule has 0 aromatic rings. The van der Waals surface area contributed by atoms with Crippen LogP contribution in [-0.2, 0) is 23.7 Å². The maximum atomic E-state index is 8.52. The highest BCUT2D eigenvalue weighted by molar-refractivity contribution is 4.59. The van der Waals surface area contributed by atoms with E-state index in [2.05, 4.69) is 19.0 Å². The zero-order valence-electron chi connectivity index (χ0n) is 15.0. The third-order valence-corrected chi connectivity index (χ3v) is 2.96. The van der Waals surface area contributed by atoms with Crippen molar-refractivity contribution in [2.45, 2.75) is 19.4 Å². The molecule has 0 amide bonds. The van der Waals surface area contributed by atoms with E-state index in [1.165, 1.54) is 0 Å². The summed E-state index contributed by atoms with van der Waals surface area (Å²) in [7, 11) is 4.11. The Labute approximate surface area is 140 Å². The molecule has 0 fully saturated rings. The van der Waals surface area contributed by atoms with Gasteiger partial charge in [-0.1, -0.05) is 0 Å². The van der Waals surface area contributed by atoms with Crippen molar-refractivity contribution >= 4 is 0 Å². The van der Waals surface area contributed by atoms with Crippen molar-refractivity contribution in [2.75, 3.05) is 86.7 Å². The second-order valence-corrected chi connectivity index (χ2v) is 5.30. The zero-order chi connectivity index (χ0) is 17.2. The van der Waals surface area contributed by atoms with Gasteiger partial charge in [0.15, 0.2) is 0 Å². The lowest BCUT2D eigenvalue weighted by Gasteiger charge is -2.19. The normalized spacial score (nSPS) is 12.9. The van der Waals surface area contributed by atoms with Crippen LogP contribution in [0.3, 0.4) is 0 Å². The molecule has 140 valence electrons. The van der Waals surface area contributed by atoms with E-state index >= 15 is 0 Å². The Morgan fingerprint density at radius 2 is 1.35 bits per heavy atom. The van der Waals surface area contributed by atoms with Gasteiger partial charge in [0, 0.05) is 13.2 Å². The predicted molar refractivity (Wildman–Crippen MR) is 88.9 cm³/mol. The summed E-state index contributed by atoms with van der Waals surface area (Å²) in [6.07, 6.45) is 1.11. The lowest BCUT2D eigenvalue weighted by atomic mass is 10.2. The molecule has 0 radical (unpaired) electrons. The van der Waals surface area contributed by atoms with Crippen LogP contribution in [0.4, 0.5) is 0 Å². The third-order valence-electron chi connectivity index (χ3n) is 2.96. The first-order valence-electron chi connectivity index (χ1n) is 8.38. The van der Waals surface area contributed by atoms with E-state index in [-0.39, 0.29) is 12.7 Å². The Balaban J connectivity index is 3.32. The molecular weight excluding hydrogens is 302 g/mol. The van der Waals surface area contributed by atoms with Crippen LogP contribution in [0.1, 0.15) is 13.3 Å². The quantitative estimate of drug-likeness (QED) is 0.363. The molecule has 0 aliphatic carbocycles. The highest BCUT2D eigenvalue weighted by Gasteiger charge is 2.09. The van der Waals surface area contributed by atoms with Crippen molar-refractivity contribution in [3.63, 3.8) is 0 Å². The molecule has 0 rings (SSSR count). The summed E-state index contributed by atoms with van der Waals surface area (Å²) in [6, 6.07) is 0. The van der Waals surface area contributed by atoms with E-state index in [0.717, 1.165) is 13.0 Å². The fourth-order valence-electron chi connectivity index (χ4n) is 1.79. The molecule has 0 bridgehead atoms. The second-order valence-electron chi connectivity index (χ2n) is 5.30. The van der Waals surface area contributed by atoms with Crippen molar-refractivity contribution in [1.82, 2.24) is 4.90 Å². The minimum absolute atomic E-state index is 0.0441. The highest BCUT2D eigenvalue weighted by atomic mass is 16.6. The summed E-state index contributed by atoms with van der Waals surface area (Å²) in [5.41, 5.74) is 0. The molecule has 0 spiro atoms. The monoisotopic (exact) mass is 337 g/mol. The van der Waals surface area contributed by atoms with E-state index in [1.807, 2.05) is 6.92 Å². The summed E-state index contributed by atoms with van der Waals surface area (Å²) in [4.78, 5) is 2.14. The number of hydrogen-bond acceptors (Lipinski definition) is 7. The van der Waals surface area contributed by atoms with E-state index < -0.39 is 0 Å². The van der Waals surface area contributed by atoms with Crippen molar-refractivity contribution in [1.29, 1.82) is 0 Å². The zero-order valence-corrected chi connectivity index (χ0v) is 15.0. The van der Waals surface area contributed by atoms with Gasteiger partial charge in [-0.25, -0.2) is 0 Å². The lowest BCUT2D eigenvalue weighted by Crippen LogP contribution is -2.26. The number of rotatable bonds is 18. The minimum atomic E-state index is 0.0441. The van der Waals surface area contributed by atoms with E-state index in [0.29, 0.717) is 59.5 Å². The van der Waals surface area contributed by atoms with E-state index in [9.17, 15) is 0 Å². The van der Waals surface area contributed by atoms with Crippen LogP contribution in [0.15, 0.2) is 0 Å². The predicted octanol–water partition coefficient (Wildman–Crippen LogP) is 0.402. The van der Waals surface area contributed by atoms with Crippen molar-refractivity contribution in [2.24, 2.45) is 0 Å². The van der Waals surface area contributed by atoms with Gasteiger partial charge < -0.3 is 33.7 Å². The molecule has 23 heavy (non-hydrogen) atoms.